The summed E-state index contributed by atoms with van der Waals surface area (Å²) in [6.07, 6.45) is 0.404. The molecule has 3 atom stereocenters. The summed E-state index contributed by atoms with van der Waals surface area (Å²) >= 11 is 5.87. The fraction of sp³-hybridized carbons (Fsp3) is 0.500. The second kappa shape index (κ2) is 8.40. The van der Waals surface area contributed by atoms with Gasteiger partial charge in [0.15, 0.2) is 0 Å². The van der Waals surface area contributed by atoms with Gasteiger partial charge in [0.05, 0.1) is 25.0 Å². The Bertz CT molecular complexity index is 537. The van der Waals surface area contributed by atoms with Crippen LogP contribution in [0.15, 0.2) is 24.3 Å². The molecule has 1 aliphatic heterocycles. The van der Waals surface area contributed by atoms with Crippen LogP contribution in [0.5, 0.6) is 0 Å². The highest BCUT2D eigenvalue weighted by Crippen LogP contribution is 2.27. The fourth-order valence-corrected chi connectivity index (χ4v) is 2.76. The van der Waals surface area contributed by atoms with Crippen molar-refractivity contribution in [1.82, 2.24) is 10.4 Å². The molecule has 1 fully saturated rings. The van der Waals surface area contributed by atoms with Crippen LogP contribution >= 0.6 is 11.6 Å². The summed E-state index contributed by atoms with van der Waals surface area (Å²) in [6, 6.07) is 6.90. The van der Waals surface area contributed by atoms with Crippen molar-refractivity contribution in [3.63, 3.8) is 0 Å². The maximum absolute atomic E-state index is 12.5. The first-order chi connectivity index (χ1) is 11.1. The number of morpholine rings is 1. The smallest absolute Gasteiger partial charge is 0.238 e. The topological polar surface area (TPSA) is 78.9 Å². The molecule has 0 spiro atoms. The van der Waals surface area contributed by atoms with Crippen LogP contribution in [0.25, 0.3) is 0 Å². The molecule has 2 N–H and O–H groups in total. The zero-order chi connectivity index (χ0) is 16.8. The number of ether oxygens (including phenoxy) is 1. The van der Waals surface area contributed by atoms with Gasteiger partial charge in [-0.05, 0) is 24.1 Å². The number of hydrogen-bond acceptors (Lipinski definition) is 5. The molecular formula is C16H21ClN2O4. The fourth-order valence-electron chi connectivity index (χ4n) is 2.64. The number of benzene rings is 1. The van der Waals surface area contributed by atoms with Gasteiger partial charge < -0.3 is 14.6 Å². The third-order valence-corrected chi connectivity index (χ3v) is 4.22. The lowest BCUT2D eigenvalue weighted by Crippen LogP contribution is -2.56. The van der Waals surface area contributed by atoms with Crippen LogP contribution in [0, 0.1) is 5.92 Å². The number of nitrogens with zero attached hydrogens (tertiary/aromatic N) is 1. The highest BCUT2D eigenvalue weighted by atomic mass is 35.5. The van der Waals surface area contributed by atoms with Crippen molar-refractivity contribution in [1.29, 1.82) is 0 Å². The van der Waals surface area contributed by atoms with Gasteiger partial charge in [0.25, 0.3) is 0 Å². The van der Waals surface area contributed by atoms with Crippen molar-refractivity contribution in [3.8, 4) is 0 Å². The molecule has 0 bridgehead atoms. The van der Waals surface area contributed by atoms with Crippen LogP contribution in [0.2, 0.25) is 5.02 Å². The molecule has 1 amide bonds. The van der Waals surface area contributed by atoms with Gasteiger partial charge in [0.2, 0.25) is 5.91 Å². The number of carbonyl (C=O) groups is 2. The quantitative estimate of drug-likeness (QED) is 0.764. The summed E-state index contributed by atoms with van der Waals surface area (Å²) in [5.74, 6) is -1.38. The van der Waals surface area contributed by atoms with E-state index in [1.165, 1.54) is 5.01 Å². The molecule has 1 unspecified atom stereocenters. The molecule has 1 aliphatic rings. The number of nitrogens with one attached hydrogen (secondary N) is 1. The van der Waals surface area contributed by atoms with Crippen LogP contribution in [-0.4, -0.2) is 48.3 Å². The Morgan fingerprint density at radius 3 is 2.78 bits per heavy atom. The molecule has 0 aromatic heterocycles. The van der Waals surface area contributed by atoms with E-state index < -0.39 is 18.1 Å². The summed E-state index contributed by atoms with van der Waals surface area (Å²) in [5.41, 5.74) is 3.44. The van der Waals surface area contributed by atoms with Crippen molar-refractivity contribution in [2.45, 2.75) is 25.5 Å². The molecule has 1 aromatic rings. The van der Waals surface area contributed by atoms with Crippen molar-refractivity contribution >= 4 is 23.8 Å². The van der Waals surface area contributed by atoms with E-state index in [2.05, 4.69) is 5.43 Å². The molecule has 1 heterocycles. The number of halogens is 1. The number of carbonyl (C=O) groups excluding carboxylic acids is 2. The minimum atomic E-state index is -0.879. The number of rotatable bonds is 6. The summed E-state index contributed by atoms with van der Waals surface area (Å²) < 4.78 is 5.12. The number of aldehydes is 1. The van der Waals surface area contributed by atoms with E-state index in [9.17, 15) is 14.7 Å². The summed E-state index contributed by atoms with van der Waals surface area (Å²) in [5, 5.41) is 11.8. The Balaban J connectivity index is 2.10. The molecule has 0 aliphatic carbocycles. The summed E-state index contributed by atoms with van der Waals surface area (Å²) in [6.45, 7) is 2.83. The zero-order valence-corrected chi connectivity index (χ0v) is 13.7. The first-order valence-electron chi connectivity index (χ1n) is 7.60. The molecule has 0 saturated carbocycles. The van der Waals surface area contributed by atoms with Crippen molar-refractivity contribution in [2.24, 2.45) is 5.92 Å². The van der Waals surface area contributed by atoms with Crippen molar-refractivity contribution in [2.75, 3.05) is 19.8 Å². The second-order valence-corrected chi connectivity index (χ2v) is 5.89. The third kappa shape index (κ3) is 4.51. The average molecular weight is 341 g/mol. The second-order valence-electron chi connectivity index (χ2n) is 5.45. The number of hydrogen-bond donors (Lipinski definition) is 2. The van der Waals surface area contributed by atoms with E-state index in [1.54, 1.807) is 24.3 Å². The maximum atomic E-state index is 12.5. The normalized spacial score (nSPS) is 21.4. The molecule has 1 aromatic carbocycles. The van der Waals surface area contributed by atoms with Crippen LogP contribution in [0.4, 0.5) is 0 Å². The van der Waals surface area contributed by atoms with Gasteiger partial charge in [-0.15, -0.1) is 0 Å². The van der Waals surface area contributed by atoms with E-state index in [-0.39, 0.29) is 12.5 Å². The monoisotopic (exact) mass is 340 g/mol. The largest absolute Gasteiger partial charge is 0.376 e. The van der Waals surface area contributed by atoms with Crippen molar-refractivity contribution in [3.05, 3.63) is 34.9 Å². The molecule has 126 valence electrons. The van der Waals surface area contributed by atoms with Crippen LogP contribution in [0.3, 0.4) is 0 Å². The van der Waals surface area contributed by atoms with E-state index in [0.29, 0.717) is 24.6 Å². The lowest BCUT2D eigenvalue weighted by Gasteiger charge is -2.33. The minimum absolute atomic E-state index is 0.144. The highest BCUT2D eigenvalue weighted by molar-refractivity contribution is 6.30. The average Bonchev–Trinajstić information content (AvgIpc) is 2.55. The maximum Gasteiger partial charge on any atom is 0.238 e. The Morgan fingerprint density at radius 2 is 2.22 bits per heavy atom. The van der Waals surface area contributed by atoms with Crippen molar-refractivity contribution < 1.29 is 19.4 Å². The number of aliphatic hydroxyl groups is 1. The van der Waals surface area contributed by atoms with E-state index in [1.807, 2.05) is 6.92 Å². The van der Waals surface area contributed by atoms with E-state index >= 15 is 0 Å². The first kappa shape index (κ1) is 17.9. The Hall–Kier alpha value is -1.47. The van der Waals surface area contributed by atoms with E-state index in [0.717, 1.165) is 11.8 Å². The Kier molecular flexibility index (Phi) is 6.53. The van der Waals surface area contributed by atoms with Gasteiger partial charge in [-0.3, -0.25) is 10.2 Å². The van der Waals surface area contributed by atoms with Gasteiger partial charge in [-0.1, -0.05) is 30.7 Å². The van der Waals surface area contributed by atoms with Gasteiger partial charge in [-0.25, -0.2) is 0 Å². The molecule has 1 saturated heterocycles. The molecular weight excluding hydrogens is 320 g/mol. The van der Waals surface area contributed by atoms with E-state index in [4.69, 9.17) is 16.3 Å². The van der Waals surface area contributed by atoms with Crippen LogP contribution < -0.4 is 5.43 Å². The first-order valence-corrected chi connectivity index (χ1v) is 7.98. The number of amides is 1. The molecule has 6 nitrogen and oxygen atoms in total. The standard InChI is InChI=1S/C16H21ClN2O4/c1-2-13(14(9-20)11-3-5-12(17)6-4-11)16(22)18-19-7-8-23-10-15(19)21/h3-6,9,13-15,21H,2,7-8,10H2,1H3,(H,18,22)/t13-,14?,15-/m0/s1. The van der Waals surface area contributed by atoms with Gasteiger partial charge in [0.1, 0.15) is 12.5 Å². The lowest BCUT2D eigenvalue weighted by atomic mass is 9.85. The SMILES string of the molecule is CC[C@H](C(=O)NN1CCOC[C@@H]1O)C(C=O)c1ccc(Cl)cc1. The predicted molar refractivity (Wildman–Crippen MR) is 85.7 cm³/mol. The minimum Gasteiger partial charge on any atom is -0.376 e. The number of hydrazine groups is 1. The zero-order valence-electron chi connectivity index (χ0n) is 12.9. The van der Waals surface area contributed by atoms with Crippen LogP contribution in [-0.2, 0) is 14.3 Å². The lowest BCUT2D eigenvalue weighted by molar-refractivity contribution is -0.154. The molecule has 23 heavy (non-hydrogen) atoms. The Morgan fingerprint density at radius 1 is 1.52 bits per heavy atom. The highest BCUT2D eigenvalue weighted by Gasteiger charge is 2.31. The molecule has 2 rings (SSSR count). The molecule has 0 radical (unpaired) electrons. The molecule has 7 heteroatoms. The Labute approximate surface area is 140 Å². The van der Waals surface area contributed by atoms with Gasteiger partial charge in [-0.2, -0.15) is 5.01 Å². The third-order valence-electron chi connectivity index (χ3n) is 3.97. The van der Waals surface area contributed by atoms with Gasteiger partial charge >= 0.3 is 0 Å². The summed E-state index contributed by atoms with van der Waals surface area (Å²) in [7, 11) is 0. The number of aliphatic hydroxyl groups excluding tert-OH is 1. The predicted octanol–water partition coefficient (Wildman–Crippen LogP) is 1.33. The summed E-state index contributed by atoms with van der Waals surface area (Å²) in [4.78, 5) is 24.1. The van der Waals surface area contributed by atoms with Crippen LogP contribution in [0.1, 0.15) is 24.8 Å². The van der Waals surface area contributed by atoms with Gasteiger partial charge in [0, 0.05) is 11.6 Å².